The molecule has 0 spiro atoms. The highest BCUT2D eigenvalue weighted by atomic mass is 16.3. The second-order valence-electron chi connectivity index (χ2n) is 6.38. The van der Waals surface area contributed by atoms with E-state index in [-0.39, 0.29) is 11.5 Å². The van der Waals surface area contributed by atoms with Crippen molar-refractivity contribution < 1.29 is 9.90 Å². The van der Waals surface area contributed by atoms with Crippen LogP contribution in [0.1, 0.15) is 15.9 Å². The molecule has 132 valence electrons. The summed E-state index contributed by atoms with van der Waals surface area (Å²) in [6.45, 7) is 3.32. The molecule has 2 aromatic rings. The van der Waals surface area contributed by atoms with E-state index in [9.17, 15) is 14.7 Å². The summed E-state index contributed by atoms with van der Waals surface area (Å²) in [4.78, 5) is 30.0. The van der Waals surface area contributed by atoms with Crippen LogP contribution in [0.25, 0.3) is 0 Å². The Morgan fingerprint density at radius 3 is 2.44 bits per heavy atom. The molecule has 0 saturated carbocycles. The van der Waals surface area contributed by atoms with Crippen LogP contribution in [-0.4, -0.2) is 64.6 Å². The Labute approximate surface area is 146 Å². The van der Waals surface area contributed by atoms with Gasteiger partial charge in [0.2, 0.25) is 5.56 Å². The maximum atomic E-state index is 12.4. The van der Waals surface area contributed by atoms with Gasteiger partial charge in [-0.25, -0.2) is 0 Å². The lowest BCUT2D eigenvalue weighted by molar-refractivity contribution is 0.0530. The molecule has 1 aromatic carbocycles. The van der Waals surface area contributed by atoms with Gasteiger partial charge in [0.15, 0.2) is 0 Å². The molecule has 1 atom stereocenters. The van der Waals surface area contributed by atoms with E-state index >= 15 is 0 Å². The number of hydrogen-bond acceptors (Lipinski definition) is 4. The van der Waals surface area contributed by atoms with Crippen LogP contribution in [0.15, 0.2) is 53.5 Å². The summed E-state index contributed by atoms with van der Waals surface area (Å²) >= 11 is 0. The highest BCUT2D eigenvalue weighted by Crippen LogP contribution is 2.10. The van der Waals surface area contributed by atoms with E-state index in [1.807, 2.05) is 30.3 Å². The van der Waals surface area contributed by atoms with Gasteiger partial charge in [-0.2, -0.15) is 0 Å². The molecule has 2 N–H and O–H groups in total. The number of amides is 1. The molecule has 25 heavy (non-hydrogen) atoms. The Hall–Kier alpha value is -2.44. The minimum atomic E-state index is -0.413. The minimum Gasteiger partial charge on any atom is -0.391 e. The normalized spacial score (nSPS) is 16.6. The van der Waals surface area contributed by atoms with Gasteiger partial charge >= 0.3 is 0 Å². The first kappa shape index (κ1) is 17.4. The summed E-state index contributed by atoms with van der Waals surface area (Å²) < 4.78 is 0. The first-order valence-corrected chi connectivity index (χ1v) is 8.54. The molecule has 0 bridgehead atoms. The number of rotatable bonds is 5. The second kappa shape index (κ2) is 8.09. The topological polar surface area (TPSA) is 76.6 Å². The molecular weight excluding hydrogens is 318 g/mol. The van der Waals surface area contributed by atoms with Crippen LogP contribution < -0.4 is 5.56 Å². The van der Waals surface area contributed by atoms with Crippen molar-refractivity contribution >= 4 is 5.91 Å². The highest BCUT2D eigenvalue weighted by molar-refractivity contribution is 5.93. The summed E-state index contributed by atoms with van der Waals surface area (Å²) in [6, 6.07) is 12.9. The fourth-order valence-corrected chi connectivity index (χ4v) is 3.11. The average Bonchev–Trinajstić information content (AvgIpc) is 2.63. The lowest BCUT2D eigenvalue weighted by Crippen LogP contribution is -2.50. The van der Waals surface area contributed by atoms with Gasteiger partial charge in [0.1, 0.15) is 0 Å². The molecule has 0 aliphatic carbocycles. The molecule has 1 saturated heterocycles. The SMILES string of the molecule is O=C(c1ccc(=O)[nH]c1)N1CCN(C[C@H](O)Cc2ccccc2)CC1. The summed E-state index contributed by atoms with van der Waals surface area (Å²) in [6.07, 6.45) is 1.68. The van der Waals surface area contributed by atoms with Gasteiger partial charge in [-0.1, -0.05) is 30.3 Å². The number of carbonyl (C=O) groups is 1. The predicted molar refractivity (Wildman–Crippen MR) is 95.6 cm³/mol. The van der Waals surface area contributed by atoms with Crippen LogP contribution >= 0.6 is 0 Å². The third-order valence-corrected chi connectivity index (χ3v) is 4.47. The fraction of sp³-hybridized carbons (Fsp3) is 0.368. The van der Waals surface area contributed by atoms with Gasteiger partial charge in [-0.05, 0) is 18.1 Å². The number of hydrogen-bond donors (Lipinski definition) is 2. The summed E-state index contributed by atoms with van der Waals surface area (Å²) in [5, 5.41) is 10.3. The molecule has 1 aliphatic heterocycles. The number of aliphatic hydroxyl groups is 1. The van der Waals surface area contributed by atoms with E-state index in [1.54, 1.807) is 11.0 Å². The van der Waals surface area contributed by atoms with Crippen molar-refractivity contribution in [2.75, 3.05) is 32.7 Å². The zero-order valence-corrected chi connectivity index (χ0v) is 14.1. The number of H-pyrrole nitrogens is 1. The van der Waals surface area contributed by atoms with Gasteiger partial charge in [0.05, 0.1) is 11.7 Å². The van der Waals surface area contributed by atoms with E-state index < -0.39 is 6.10 Å². The van der Waals surface area contributed by atoms with Gasteiger partial charge in [-0.15, -0.1) is 0 Å². The maximum Gasteiger partial charge on any atom is 0.255 e. The second-order valence-corrected chi connectivity index (χ2v) is 6.38. The van der Waals surface area contributed by atoms with Crippen LogP contribution in [-0.2, 0) is 6.42 Å². The molecule has 0 radical (unpaired) electrons. The quantitative estimate of drug-likeness (QED) is 0.841. The van der Waals surface area contributed by atoms with E-state index in [2.05, 4.69) is 9.88 Å². The fourth-order valence-electron chi connectivity index (χ4n) is 3.11. The van der Waals surface area contributed by atoms with Crippen molar-refractivity contribution in [2.24, 2.45) is 0 Å². The van der Waals surface area contributed by atoms with E-state index in [0.29, 0.717) is 31.6 Å². The number of aliphatic hydroxyl groups excluding tert-OH is 1. The van der Waals surface area contributed by atoms with Crippen molar-refractivity contribution in [3.8, 4) is 0 Å². The van der Waals surface area contributed by atoms with Crippen LogP contribution in [0.4, 0.5) is 0 Å². The first-order valence-electron chi connectivity index (χ1n) is 8.54. The smallest absolute Gasteiger partial charge is 0.255 e. The Kier molecular flexibility index (Phi) is 5.63. The van der Waals surface area contributed by atoms with Crippen molar-refractivity contribution in [1.82, 2.24) is 14.8 Å². The Balaban J connectivity index is 1.47. The molecule has 6 heteroatoms. The average molecular weight is 341 g/mol. The first-order chi connectivity index (χ1) is 12.1. The third kappa shape index (κ3) is 4.78. The van der Waals surface area contributed by atoms with Gasteiger partial charge < -0.3 is 15.0 Å². The van der Waals surface area contributed by atoms with Crippen LogP contribution in [0.3, 0.4) is 0 Å². The van der Waals surface area contributed by atoms with E-state index in [1.165, 1.54) is 12.3 Å². The summed E-state index contributed by atoms with van der Waals surface area (Å²) in [7, 11) is 0. The number of β-amino-alcohol motifs (C(OH)–C–C–N with tert-alkyl or cyclic N) is 1. The third-order valence-electron chi connectivity index (χ3n) is 4.47. The lowest BCUT2D eigenvalue weighted by Gasteiger charge is -2.35. The minimum absolute atomic E-state index is 0.0688. The zero-order valence-electron chi connectivity index (χ0n) is 14.1. The van der Waals surface area contributed by atoms with Crippen LogP contribution in [0, 0.1) is 0 Å². The van der Waals surface area contributed by atoms with Gasteiger partial charge in [0, 0.05) is 45.0 Å². The molecule has 1 aromatic heterocycles. The van der Waals surface area contributed by atoms with Crippen molar-refractivity contribution in [2.45, 2.75) is 12.5 Å². The Morgan fingerprint density at radius 2 is 1.80 bits per heavy atom. The Morgan fingerprint density at radius 1 is 1.08 bits per heavy atom. The number of nitrogens with zero attached hydrogens (tertiary/aromatic N) is 2. The lowest BCUT2D eigenvalue weighted by atomic mass is 10.1. The number of benzene rings is 1. The van der Waals surface area contributed by atoms with Crippen LogP contribution in [0.5, 0.6) is 0 Å². The largest absolute Gasteiger partial charge is 0.391 e. The molecule has 3 rings (SSSR count). The number of aromatic nitrogens is 1. The van der Waals surface area contributed by atoms with Crippen molar-refractivity contribution in [3.63, 3.8) is 0 Å². The zero-order chi connectivity index (χ0) is 17.6. The van der Waals surface area contributed by atoms with Gasteiger partial charge in [-0.3, -0.25) is 14.5 Å². The molecule has 0 unspecified atom stereocenters. The monoisotopic (exact) mass is 341 g/mol. The van der Waals surface area contributed by atoms with E-state index in [0.717, 1.165) is 18.7 Å². The molecule has 1 amide bonds. The number of aromatic amines is 1. The molecule has 1 aliphatic rings. The summed E-state index contributed by atoms with van der Waals surface area (Å²) in [5.74, 6) is -0.0688. The summed E-state index contributed by atoms with van der Waals surface area (Å²) in [5.41, 5.74) is 1.41. The number of nitrogens with one attached hydrogen (secondary N) is 1. The standard InChI is InChI=1S/C19H23N3O3/c23-17(12-15-4-2-1-3-5-15)14-21-8-10-22(11-9-21)19(25)16-6-7-18(24)20-13-16/h1-7,13,17,23H,8-12,14H2,(H,20,24)/t17-/m1/s1. The van der Waals surface area contributed by atoms with Crippen LogP contribution in [0.2, 0.25) is 0 Å². The number of pyridine rings is 1. The maximum absolute atomic E-state index is 12.4. The van der Waals surface area contributed by atoms with Crippen molar-refractivity contribution in [3.05, 3.63) is 70.1 Å². The Bertz CT molecular complexity index is 732. The van der Waals surface area contributed by atoms with Crippen molar-refractivity contribution in [1.29, 1.82) is 0 Å². The number of carbonyl (C=O) groups excluding carboxylic acids is 1. The molecular formula is C19H23N3O3. The molecule has 1 fully saturated rings. The van der Waals surface area contributed by atoms with Gasteiger partial charge in [0.25, 0.3) is 5.91 Å². The predicted octanol–water partition coefficient (Wildman–Crippen LogP) is 0.736. The molecule has 6 nitrogen and oxygen atoms in total. The highest BCUT2D eigenvalue weighted by Gasteiger charge is 2.23. The molecule has 2 heterocycles. The number of piperazine rings is 1. The van der Waals surface area contributed by atoms with E-state index in [4.69, 9.17) is 0 Å².